The van der Waals surface area contributed by atoms with Gasteiger partial charge in [-0.3, -0.25) is 14.5 Å². The van der Waals surface area contributed by atoms with E-state index in [2.05, 4.69) is 4.90 Å². The van der Waals surface area contributed by atoms with Crippen molar-refractivity contribution in [2.45, 2.75) is 13.0 Å². The van der Waals surface area contributed by atoms with E-state index in [-0.39, 0.29) is 17.1 Å². The number of fused-ring (bicyclic) bond motifs is 2. The molecular weight excluding hydrogens is 492 g/mol. The van der Waals surface area contributed by atoms with Crippen molar-refractivity contribution in [1.29, 1.82) is 0 Å². The molecule has 1 fully saturated rings. The molecule has 3 heterocycles. The van der Waals surface area contributed by atoms with E-state index in [9.17, 15) is 9.59 Å². The summed E-state index contributed by atoms with van der Waals surface area (Å²) in [6.45, 7) is 6.24. The summed E-state index contributed by atoms with van der Waals surface area (Å²) in [5, 5.41) is 0.382. The Hall–Kier alpha value is -3.76. The highest BCUT2D eigenvalue weighted by Gasteiger charge is 2.43. The third-order valence-electron chi connectivity index (χ3n) is 7.01. The van der Waals surface area contributed by atoms with Crippen LogP contribution in [-0.2, 0) is 4.74 Å². The first kappa shape index (κ1) is 25.9. The predicted molar refractivity (Wildman–Crippen MR) is 140 cm³/mol. The molecule has 2 aliphatic heterocycles. The first-order valence-electron chi connectivity index (χ1n) is 12.6. The van der Waals surface area contributed by atoms with Gasteiger partial charge < -0.3 is 33.0 Å². The first-order valence-corrected chi connectivity index (χ1v) is 12.6. The standard InChI is InChI=1S/C28H32N2O8/c1-5-37-18-6-7-19-20(16-18)38-27-23(25(19)31)24(17-14-21(33-2)26(35-4)22(15-17)34-3)30(28(27)32)9-8-29-10-12-36-13-11-29/h6-7,14-16,24H,5,8-13H2,1-4H3. The van der Waals surface area contributed by atoms with Crippen LogP contribution in [0.1, 0.15) is 34.6 Å². The molecular formula is C28H32N2O8. The largest absolute Gasteiger partial charge is 0.494 e. The van der Waals surface area contributed by atoms with Crippen LogP contribution in [0.2, 0.25) is 0 Å². The lowest BCUT2D eigenvalue weighted by molar-refractivity contribution is 0.0314. The van der Waals surface area contributed by atoms with Crippen molar-refractivity contribution in [3.8, 4) is 23.0 Å². The zero-order chi connectivity index (χ0) is 26.8. The third kappa shape index (κ3) is 4.54. The number of benzene rings is 2. The van der Waals surface area contributed by atoms with E-state index < -0.39 is 6.04 Å². The minimum absolute atomic E-state index is 0.0388. The molecule has 0 spiro atoms. The van der Waals surface area contributed by atoms with Gasteiger partial charge in [-0.25, -0.2) is 0 Å². The molecule has 2 aromatic carbocycles. The lowest BCUT2D eigenvalue weighted by Crippen LogP contribution is -2.42. The SMILES string of the molecule is CCOc1ccc2c(=O)c3c(oc2c1)C(=O)N(CCN1CCOCC1)C3c1cc(OC)c(OC)c(OC)c1. The Morgan fingerprint density at radius 3 is 2.29 bits per heavy atom. The zero-order valence-electron chi connectivity index (χ0n) is 22.1. The summed E-state index contributed by atoms with van der Waals surface area (Å²) < 4.78 is 33.8. The second-order valence-electron chi connectivity index (χ2n) is 9.08. The van der Waals surface area contributed by atoms with Crippen molar-refractivity contribution in [2.24, 2.45) is 0 Å². The van der Waals surface area contributed by atoms with Crippen molar-refractivity contribution >= 4 is 16.9 Å². The molecule has 202 valence electrons. The van der Waals surface area contributed by atoms with Crippen LogP contribution in [0.25, 0.3) is 11.0 Å². The van der Waals surface area contributed by atoms with Crippen LogP contribution in [0.5, 0.6) is 23.0 Å². The molecule has 10 nitrogen and oxygen atoms in total. The Morgan fingerprint density at radius 1 is 0.947 bits per heavy atom. The topological polar surface area (TPSA) is 99.9 Å². The second-order valence-corrected chi connectivity index (χ2v) is 9.08. The van der Waals surface area contributed by atoms with Crippen LogP contribution in [0, 0.1) is 0 Å². The number of morpholine rings is 1. The van der Waals surface area contributed by atoms with Crippen molar-refractivity contribution in [2.75, 3.05) is 67.3 Å². The van der Waals surface area contributed by atoms with E-state index >= 15 is 0 Å². The number of amides is 1. The number of hydrogen-bond acceptors (Lipinski definition) is 9. The molecule has 38 heavy (non-hydrogen) atoms. The average molecular weight is 525 g/mol. The van der Waals surface area contributed by atoms with E-state index in [0.29, 0.717) is 78.0 Å². The molecule has 0 saturated carbocycles. The summed E-state index contributed by atoms with van der Waals surface area (Å²) in [4.78, 5) is 31.7. The molecule has 2 aliphatic rings. The number of nitrogens with zero attached hydrogens (tertiary/aromatic N) is 2. The molecule has 0 aliphatic carbocycles. The minimum Gasteiger partial charge on any atom is -0.494 e. The summed E-state index contributed by atoms with van der Waals surface area (Å²) in [7, 11) is 4.59. The number of carbonyl (C=O) groups excluding carboxylic acids is 1. The van der Waals surface area contributed by atoms with Crippen molar-refractivity contribution in [3.05, 3.63) is 57.4 Å². The van der Waals surface area contributed by atoms with Crippen LogP contribution in [0.4, 0.5) is 0 Å². The highest BCUT2D eigenvalue weighted by Crippen LogP contribution is 2.45. The first-order chi connectivity index (χ1) is 18.5. The molecule has 0 radical (unpaired) electrons. The Labute approximate surface area is 220 Å². The van der Waals surface area contributed by atoms with Gasteiger partial charge in [-0.15, -0.1) is 0 Å². The fourth-order valence-corrected chi connectivity index (χ4v) is 5.17. The van der Waals surface area contributed by atoms with Gasteiger partial charge in [0.2, 0.25) is 11.5 Å². The quantitative estimate of drug-likeness (QED) is 0.418. The molecule has 1 unspecified atom stereocenters. The van der Waals surface area contributed by atoms with Crippen LogP contribution in [0.15, 0.2) is 39.5 Å². The van der Waals surface area contributed by atoms with Crippen LogP contribution < -0.4 is 24.4 Å². The maximum absolute atomic E-state index is 13.9. The molecule has 5 rings (SSSR count). The van der Waals surface area contributed by atoms with Gasteiger partial charge in [-0.05, 0) is 36.8 Å². The number of methoxy groups -OCH3 is 3. The number of ether oxygens (including phenoxy) is 5. The van der Waals surface area contributed by atoms with Crippen LogP contribution in [0.3, 0.4) is 0 Å². The highest BCUT2D eigenvalue weighted by atomic mass is 16.5. The van der Waals surface area contributed by atoms with E-state index in [1.807, 2.05) is 6.92 Å². The van der Waals surface area contributed by atoms with Crippen LogP contribution >= 0.6 is 0 Å². The Bertz CT molecular complexity index is 1370. The number of rotatable bonds is 9. The van der Waals surface area contributed by atoms with E-state index in [1.54, 1.807) is 35.2 Å². The number of hydrogen-bond donors (Lipinski definition) is 0. The molecule has 1 amide bonds. The van der Waals surface area contributed by atoms with Gasteiger partial charge in [-0.1, -0.05) is 0 Å². The van der Waals surface area contributed by atoms with Gasteiger partial charge in [0.1, 0.15) is 11.3 Å². The molecule has 0 N–H and O–H groups in total. The van der Waals surface area contributed by atoms with Crippen molar-refractivity contribution in [1.82, 2.24) is 9.80 Å². The molecule has 1 saturated heterocycles. The molecule has 3 aromatic rings. The predicted octanol–water partition coefficient (Wildman–Crippen LogP) is 3.09. The lowest BCUT2D eigenvalue weighted by Gasteiger charge is -2.31. The summed E-state index contributed by atoms with van der Waals surface area (Å²) in [5.41, 5.74) is 1.01. The highest BCUT2D eigenvalue weighted by molar-refractivity contribution is 5.99. The fraction of sp³-hybridized carbons (Fsp3) is 0.429. The zero-order valence-corrected chi connectivity index (χ0v) is 22.1. The van der Waals surface area contributed by atoms with Crippen LogP contribution in [-0.4, -0.2) is 83.0 Å². The van der Waals surface area contributed by atoms with E-state index in [0.717, 1.165) is 13.1 Å². The minimum atomic E-state index is -0.695. The molecule has 1 aromatic heterocycles. The maximum Gasteiger partial charge on any atom is 0.290 e. The van der Waals surface area contributed by atoms with Gasteiger partial charge in [0.05, 0.1) is 58.1 Å². The van der Waals surface area contributed by atoms with Gasteiger partial charge in [-0.2, -0.15) is 0 Å². The van der Waals surface area contributed by atoms with E-state index in [1.165, 1.54) is 21.3 Å². The summed E-state index contributed by atoms with van der Waals surface area (Å²) in [6.07, 6.45) is 0. The fourth-order valence-electron chi connectivity index (χ4n) is 5.17. The maximum atomic E-state index is 13.9. The molecule has 10 heteroatoms. The monoisotopic (exact) mass is 524 g/mol. The normalized spacial score (nSPS) is 17.5. The van der Waals surface area contributed by atoms with E-state index in [4.69, 9.17) is 28.1 Å². The Balaban J connectivity index is 1.65. The van der Waals surface area contributed by atoms with Gasteiger partial charge in [0, 0.05) is 32.2 Å². The summed E-state index contributed by atoms with van der Waals surface area (Å²) >= 11 is 0. The van der Waals surface area contributed by atoms with Crippen molar-refractivity contribution < 1.29 is 32.9 Å². The molecule has 1 atom stereocenters. The number of carbonyl (C=O) groups is 1. The second kappa shape index (κ2) is 10.9. The van der Waals surface area contributed by atoms with Gasteiger partial charge in [0.15, 0.2) is 16.9 Å². The third-order valence-corrected chi connectivity index (χ3v) is 7.01. The van der Waals surface area contributed by atoms with Crippen molar-refractivity contribution in [3.63, 3.8) is 0 Å². The Kier molecular flexibility index (Phi) is 7.44. The average Bonchev–Trinajstić information content (AvgIpc) is 3.23. The smallest absolute Gasteiger partial charge is 0.290 e. The van der Waals surface area contributed by atoms with Gasteiger partial charge >= 0.3 is 0 Å². The Morgan fingerprint density at radius 2 is 1.66 bits per heavy atom. The summed E-state index contributed by atoms with van der Waals surface area (Å²) in [6, 6.07) is 7.92. The van der Waals surface area contributed by atoms with Gasteiger partial charge in [0.25, 0.3) is 5.91 Å². The summed E-state index contributed by atoms with van der Waals surface area (Å²) in [5.74, 6) is 1.56. The molecule has 0 bridgehead atoms. The lowest BCUT2D eigenvalue weighted by atomic mass is 9.97.